The summed E-state index contributed by atoms with van der Waals surface area (Å²) >= 11 is 0. The quantitative estimate of drug-likeness (QED) is 0.467. The molecule has 1 saturated heterocycles. The summed E-state index contributed by atoms with van der Waals surface area (Å²) < 4.78 is 5.22. The summed E-state index contributed by atoms with van der Waals surface area (Å²) in [5.41, 5.74) is -0.333. The third kappa shape index (κ3) is 2.63. The van der Waals surface area contributed by atoms with Gasteiger partial charge in [-0.2, -0.15) is 5.06 Å². The van der Waals surface area contributed by atoms with Crippen molar-refractivity contribution in [2.24, 2.45) is 23.2 Å². The highest BCUT2D eigenvalue weighted by Gasteiger charge is 2.68. The number of likely N-dealkylation sites (N-methyl/N-ethyl adjacent to an activating group) is 1. The normalized spacial score (nSPS) is 29.9. The Bertz CT molecular complexity index is 882. The first-order valence-electron chi connectivity index (χ1n) is 9.06. The molecule has 2 aliphatic carbocycles. The molecule has 4 rings (SSSR count). The number of carbonyl (C=O) groups excluding carboxylic acids is 4. The average molecular weight is 384 g/mol. The number of ketones is 1. The second-order valence-electron chi connectivity index (χ2n) is 7.58. The van der Waals surface area contributed by atoms with E-state index in [4.69, 9.17) is 4.74 Å². The van der Waals surface area contributed by atoms with Crippen molar-refractivity contribution in [1.29, 1.82) is 0 Å². The van der Waals surface area contributed by atoms with Crippen molar-refractivity contribution in [3.05, 3.63) is 48.0 Å². The molecule has 4 unspecified atom stereocenters. The molecule has 1 aromatic carbocycles. The molecule has 8 nitrogen and oxygen atoms in total. The van der Waals surface area contributed by atoms with Gasteiger partial charge in [-0.15, -0.1) is 0 Å². The van der Waals surface area contributed by atoms with Crippen LogP contribution in [0.1, 0.15) is 12.0 Å². The third-order valence-electron chi connectivity index (χ3n) is 5.98. The van der Waals surface area contributed by atoms with Gasteiger partial charge in [0.05, 0.1) is 23.8 Å². The number of allylic oxidation sites excluding steroid dienone is 2. The summed E-state index contributed by atoms with van der Waals surface area (Å²) in [6, 6.07) is 9.17. The smallest absolute Gasteiger partial charge is 0.410 e. The molecule has 1 aliphatic heterocycles. The van der Waals surface area contributed by atoms with Crippen molar-refractivity contribution in [1.82, 2.24) is 9.96 Å². The van der Waals surface area contributed by atoms with Crippen LogP contribution in [0.2, 0.25) is 0 Å². The van der Waals surface area contributed by atoms with Gasteiger partial charge in [-0.05, 0) is 17.9 Å². The summed E-state index contributed by atoms with van der Waals surface area (Å²) in [5.74, 6) is -3.60. The predicted octanol–water partition coefficient (Wildman–Crippen LogP) is 1.39. The van der Waals surface area contributed by atoms with Crippen LogP contribution in [0.5, 0.6) is 0 Å². The van der Waals surface area contributed by atoms with E-state index in [0.29, 0.717) is 6.42 Å². The number of benzene rings is 1. The van der Waals surface area contributed by atoms with Gasteiger partial charge in [0.2, 0.25) is 0 Å². The number of ether oxygens (including phenoxy) is 1. The Hall–Kier alpha value is -3.00. The van der Waals surface area contributed by atoms with Crippen LogP contribution in [-0.4, -0.2) is 52.5 Å². The summed E-state index contributed by atoms with van der Waals surface area (Å²) in [4.78, 5) is 50.9. The van der Waals surface area contributed by atoms with Crippen LogP contribution in [0.15, 0.2) is 42.5 Å². The molecule has 0 radical (unpaired) electrons. The molecule has 0 spiro atoms. The number of nitrogens with zero attached hydrogens (tertiary/aromatic N) is 2. The van der Waals surface area contributed by atoms with Crippen molar-refractivity contribution in [2.45, 2.75) is 13.0 Å². The largest absolute Gasteiger partial charge is 0.445 e. The summed E-state index contributed by atoms with van der Waals surface area (Å²) in [6.07, 6.45) is 3.12. The number of carbonyl (C=O) groups is 4. The minimum Gasteiger partial charge on any atom is -0.445 e. The number of hydroxylamine groups is 2. The molecule has 28 heavy (non-hydrogen) atoms. The molecule has 1 heterocycles. The fourth-order valence-electron chi connectivity index (χ4n) is 4.58. The monoisotopic (exact) mass is 384 g/mol. The molecular weight excluding hydrogens is 364 g/mol. The minimum absolute atomic E-state index is 0.0858. The van der Waals surface area contributed by atoms with Crippen molar-refractivity contribution < 1.29 is 29.1 Å². The Morgan fingerprint density at radius 3 is 2.68 bits per heavy atom. The fourth-order valence-corrected chi connectivity index (χ4v) is 4.58. The lowest BCUT2D eigenvalue weighted by atomic mass is 9.72. The van der Waals surface area contributed by atoms with E-state index in [1.807, 2.05) is 30.3 Å². The molecule has 4 atom stereocenters. The van der Waals surface area contributed by atoms with Crippen LogP contribution >= 0.6 is 0 Å². The number of imide groups is 1. The SMILES string of the molecule is CN(CC(=O)C12C=CC(C1)C1C(=O)N(O)C(=O)C12)C(=O)OCc1ccccc1. The summed E-state index contributed by atoms with van der Waals surface area (Å²) in [5, 5.41) is 9.82. The lowest BCUT2D eigenvalue weighted by Crippen LogP contribution is -2.45. The van der Waals surface area contributed by atoms with Gasteiger partial charge in [0.25, 0.3) is 11.8 Å². The lowest BCUT2D eigenvalue weighted by molar-refractivity contribution is -0.174. The lowest BCUT2D eigenvalue weighted by Gasteiger charge is -2.30. The molecule has 2 fully saturated rings. The van der Waals surface area contributed by atoms with Crippen molar-refractivity contribution in [2.75, 3.05) is 13.6 Å². The van der Waals surface area contributed by atoms with Gasteiger partial charge in [-0.1, -0.05) is 42.5 Å². The standard InChI is InChI=1S/C20H20N2O6/c1-21(19(26)28-11-12-5-3-2-4-6-12)10-14(23)20-8-7-13(9-20)15-16(20)18(25)22(27)17(15)24/h2-8,13,15-16,27H,9-11H2,1H3. The number of amides is 3. The van der Waals surface area contributed by atoms with Crippen LogP contribution in [0.3, 0.4) is 0 Å². The molecule has 3 aliphatic rings. The molecule has 1 aromatic rings. The Balaban J connectivity index is 1.43. The van der Waals surface area contributed by atoms with E-state index in [1.54, 1.807) is 12.2 Å². The van der Waals surface area contributed by atoms with E-state index in [9.17, 15) is 24.4 Å². The Kier molecular flexibility index (Phi) is 4.30. The zero-order chi connectivity index (χ0) is 20.1. The number of fused-ring (bicyclic) bond motifs is 5. The summed E-state index contributed by atoms with van der Waals surface area (Å²) in [6.45, 7) is -0.163. The first-order chi connectivity index (χ1) is 13.3. The van der Waals surface area contributed by atoms with Gasteiger partial charge in [-0.3, -0.25) is 19.6 Å². The highest BCUT2D eigenvalue weighted by atomic mass is 16.6. The zero-order valence-corrected chi connectivity index (χ0v) is 15.3. The Morgan fingerprint density at radius 1 is 1.25 bits per heavy atom. The second-order valence-corrected chi connectivity index (χ2v) is 7.58. The average Bonchev–Trinajstić information content (AvgIpc) is 3.35. The van der Waals surface area contributed by atoms with E-state index < -0.39 is 35.2 Å². The molecule has 2 bridgehead atoms. The van der Waals surface area contributed by atoms with Gasteiger partial charge in [-0.25, -0.2) is 4.79 Å². The zero-order valence-electron chi connectivity index (χ0n) is 15.3. The predicted molar refractivity (Wildman–Crippen MR) is 94.6 cm³/mol. The van der Waals surface area contributed by atoms with E-state index in [2.05, 4.69) is 0 Å². The van der Waals surface area contributed by atoms with Crippen molar-refractivity contribution in [3.63, 3.8) is 0 Å². The van der Waals surface area contributed by atoms with E-state index >= 15 is 0 Å². The van der Waals surface area contributed by atoms with Crippen LogP contribution in [0, 0.1) is 23.2 Å². The van der Waals surface area contributed by atoms with Crippen LogP contribution < -0.4 is 0 Å². The van der Waals surface area contributed by atoms with Crippen molar-refractivity contribution in [3.8, 4) is 0 Å². The van der Waals surface area contributed by atoms with Gasteiger partial charge in [0.1, 0.15) is 6.61 Å². The van der Waals surface area contributed by atoms with Gasteiger partial charge < -0.3 is 9.64 Å². The number of rotatable bonds is 5. The van der Waals surface area contributed by atoms with E-state index in [-0.39, 0.29) is 29.9 Å². The van der Waals surface area contributed by atoms with Gasteiger partial charge in [0.15, 0.2) is 5.78 Å². The maximum atomic E-state index is 13.1. The van der Waals surface area contributed by atoms with Crippen molar-refractivity contribution >= 4 is 23.7 Å². The topological polar surface area (TPSA) is 104 Å². The van der Waals surface area contributed by atoms with Gasteiger partial charge in [0, 0.05) is 7.05 Å². The fraction of sp³-hybridized carbons (Fsp3) is 0.400. The third-order valence-corrected chi connectivity index (χ3v) is 5.98. The maximum Gasteiger partial charge on any atom is 0.410 e. The van der Waals surface area contributed by atoms with Crippen LogP contribution in [-0.2, 0) is 25.7 Å². The van der Waals surface area contributed by atoms with E-state index in [1.165, 1.54) is 7.05 Å². The Labute approximate surface area is 161 Å². The minimum atomic E-state index is -1.16. The molecule has 3 amide bonds. The highest BCUT2D eigenvalue weighted by molar-refractivity contribution is 6.09. The van der Waals surface area contributed by atoms with E-state index in [0.717, 1.165) is 10.5 Å². The molecule has 1 N–H and O–H groups in total. The van der Waals surface area contributed by atoms with Crippen LogP contribution in [0.25, 0.3) is 0 Å². The van der Waals surface area contributed by atoms with Crippen LogP contribution in [0.4, 0.5) is 4.79 Å². The molecule has 8 heteroatoms. The second kappa shape index (κ2) is 6.56. The first kappa shape index (κ1) is 18.4. The molecular formula is C20H20N2O6. The molecule has 1 saturated carbocycles. The maximum absolute atomic E-state index is 13.1. The number of hydrogen-bond donors (Lipinski definition) is 1. The number of hydrogen-bond acceptors (Lipinski definition) is 6. The first-order valence-corrected chi connectivity index (χ1v) is 9.06. The Morgan fingerprint density at radius 2 is 1.96 bits per heavy atom. The highest BCUT2D eigenvalue weighted by Crippen LogP contribution is 2.60. The van der Waals surface area contributed by atoms with Gasteiger partial charge >= 0.3 is 6.09 Å². The number of Topliss-reactive ketones (excluding diaryl/α,β-unsaturated/α-hetero) is 1. The molecule has 146 valence electrons. The summed E-state index contributed by atoms with van der Waals surface area (Å²) in [7, 11) is 1.45. The molecule has 0 aromatic heterocycles.